The normalized spacial score (nSPS) is 18.1. The average Bonchev–Trinajstić information content (AvgIpc) is 3.09. The molecule has 1 aliphatic heterocycles. The number of rotatable bonds is 3. The van der Waals surface area contributed by atoms with Gasteiger partial charge in [-0.1, -0.05) is 35.0 Å². The van der Waals surface area contributed by atoms with E-state index < -0.39 is 0 Å². The number of ether oxygens (including phenoxy) is 1. The SMILES string of the molecule is N#Cc1nnn(Cc2ccccc2Cl)c1C1CCCO1. The molecule has 0 bridgehead atoms. The second-order valence-corrected chi connectivity index (χ2v) is 5.09. The fourth-order valence-electron chi connectivity index (χ4n) is 2.42. The van der Waals surface area contributed by atoms with E-state index in [1.165, 1.54) is 0 Å². The van der Waals surface area contributed by atoms with Crippen LogP contribution >= 0.6 is 11.6 Å². The molecule has 1 atom stereocenters. The second-order valence-electron chi connectivity index (χ2n) is 4.69. The minimum absolute atomic E-state index is 0.0952. The summed E-state index contributed by atoms with van der Waals surface area (Å²) in [6, 6.07) is 9.67. The highest BCUT2D eigenvalue weighted by atomic mass is 35.5. The summed E-state index contributed by atoms with van der Waals surface area (Å²) in [5.74, 6) is 0. The first kappa shape index (κ1) is 13.1. The Hall–Kier alpha value is -1.90. The molecular formula is C14H13ClN4O. The summed E-state index contributed by atoms with van der Waals surface area (Å²) in [6.45, 7) is 1.20. The van der Waals surface area contributed by atoms with E-state index in [4.69, 9.17) is 21.6 Å². The van der Waals surface area contributed by atoms with Crippen LogP contribution in [0.3, 0.4) is 0 Å². The Morgan fingerprint density at radius 3 is 3.00 bits per heavy atom. The van der Waals surface area contributed by atoms with Crippen molar-refractivity contribution in [3.63, 3.8) is 0 Å². The van der Waals surface area contributed by atoms with Crippen LogP contribution in [0.2, 0.25) is 5.02 Å². The van der Waals surface area contributed by atoms with Crippen molar-refractivity contribution in [3.8, 4) is 6.07 Å². The van der Waals surface area contributed by atoms with Gasteiger partial charge in [0.1, 0.15) is 17.9 Å². The number of nitrogens with zero attached hydrogens (tertiary/aromatic N) is 4. The summed E-state index contributed by atoms with van der Waals surface area (Å²) in [5, 5.41) is 17.9. The van der Waals surface area contributed by atoms with Crippen LogP contribution in [0, 0.1) is 11.3 Å². The third kappa shape index (κ3) is 2.40. The molecule has 3 rings (SSSR count). The van der Waals surface area contributed by atoms with E-state index in [9.17, 15) is 0 Å². The number of aromatic nitrogens is 3. The zero-order valence-corrected chi connectivity index (χ0v) is 11.5. The summed E-state index contributed by atoms with van der Waals surface area (Å²) in [5.41, 5.74) is 2.04. The van der Waals surface area contributed by atoms with Gasteiger partial charge < -0.3 is 4.74 Å². The quantitative estimate of drug-likeness (QED) is 0.871. The van der Waals surface area contributed by atoms with Crippen LogP contribution in [-0.4, -0.2) is 21.6 Å². The van der Waals surface area contributed by atoms with Gasteiger partial charge in [0.2, 0.25) is 0 Å². The van der Waals surface area contributed by atoms with Crippen molar-refractivity contribution < 1.29 is 4.74 Å². The summed E-state index contributed by atoms with van der Waals surface area (Å²) < 4.78 is 7.38. The Bertz CT molecular complexity index is 655. The largest absolute Gasteiger partial charge is 0.372 e. The lowest BCUT2D eigenvalue weighted by Gasteiger charge is -2.12. The average molecular weight is 289 g/mol. The van der Waals surface area contributed by atoms with Gasteiger partial charge in [0.05, 0.1) is 6.54 Å². The number of halogens is 1. The predicted molar refractivity (Wildman–Crippen MR) is 73.2 cm³/mol. The van der Waals surface area contributed by atoms with Gasteiger partial charge in [-0.05, 0) is 24.5 Å². The van der Waals surface area contributed by atoms with Crippen LogP contribution in [0.1, 0.15) is 35.9 Å². The minimum atomic E-state index is -0.0952. The van der Waals surface area contributed by atoms with Crippen molar-refractivity contribution in [2.75, 3.05) is 6.61 Å². The second kappa shape index (κ2) is 5.61. The lowest BCUT2D eigenvalue weighted by Crippen LogP contribution is -2.11. The molecule has 0 spiro atoms. The van der Waals surface area contributed by atoms with Gasteiger partial charge in [0, 0.05) is 11.6 Å². The molecule has 20 heavy (non-hydrogen) atoms. The molecule has 0 aliphatic carbocycles. The van der Waals surface area contributed by atoms with E-state index in [2.05, 4.69) is 16.4 Å². The predicted octanol–water partition coefficient (Wildman–Crippen LogP) is 2.70. The van der Waals surface area contributed by atoms with E-state index in [1.54, 1.807) is 4.68 Å². The van der Waals surface area contributed by atoms with Gasteiger partial charge in [-0.2, -0.15) is 5.26 Å². The van der Waals surface area contributed by atoms with Crippen LogP contribution in [0.15, 0.2) is 24.3 Å². The summed E-state index contributed by atoms with van der Waals surface area (Å²) >= 11 is 6.17. The molecule has 1 aliphatic rings. The molecule has 2 heterocycles. The molecule has 1 aromatic carbocycles. The zero-order valence-electron chi connectivity index (χ0n) is 10.8. The summed E-state index contributed by atoms with van der Waals surface area (Å²) in [7, 11) is 0. The van der Waals surface area contributed by atoms with Gasteiger partial charge in [-0.15, -0.1) is 5.10 Å². The first-order valence-electron chi connectivity index (χ1n) is 6.48. The highest BCUT2D eigenvalue weighted by Gasteiger charge is 2.26. The van der Waals surface area contributed by atoms with Crippen molar-refractivity contribution >= 4 is 11.6 Å². The maximum Gasteiger partial charge on any atom is 0.188 e. The first-order valence-corrected chi connectivity index (χ1v) is 6.86. The third-order valence-electron chi connectivity index (χ3n) is 3.39. The van der Waals surface area contributed by atoms with E-state index in [0.29, 0.717) is 23.9 Å². The monoisotopic (exact) mass is 288 g/mol. The van der Waals surface area contributed by atoms with E-state index in [-0.39, 0.29) is 6.10 Å². The number of hydrogen-bond acceptors (Lipinski definition) is 4. The Morgan fingerprint density at radius 1 is 1.45 bits per heavy atom. The van der Waals surface area contributed by atoms with Crippen LogP contribution in [0.5, 0.6) is 0 Å². The lowest BCUT2D eigenvalue weighted by molar-refractivity contribution is 0.104. The molecule has 0 radical (unpaired) electrons. The highest BCUT2D eigenvalue weighted by Crippen LogP contribution is 2.30. The number of hydrogen-bond donors (Lipinski definition) is 0. The van der Waals surface area contributed by atoms with Crippen LogP contribution in [-0.2, 0) is 11.3 Å². The van der Waals surface area contributed by atoms with Crippen molar-refractivity contribution in [1.29, 1.82) is 5.26 Å². The van der Waals surface area contributed by atoms with Gasteiger partial charge >= 0.3 is 0 Å². The van der Waals surface area contributed by atoms with Gasteiger partial charge in [-0.3, -0.25) is 0 Å². The molecule has 1 unspecified atom stereocenters. The van der Waals surface area contributed by atoms with Gasteiger partial charge in [-0.25, -0.2) is 4.68 Å². The molecule has 0 amide bonds. The van der Waals surface area contributed by atoms with E-state index in [0.717, 1.165) is 24.1 Å². The van der Waals surface area contributed by atoms with E-state index >= 15 is 0 Å². The Labute approximate surface area is 121 Å². The first-order chi connectivity index (χ1) is 9.79. The molecule has 5 nitrogen and oxygen atoms in total. The third-order valence-corrected chi connectivity index (χ3v) is 3.76. The molecular weight excluding hydrogens is 276 g/mol. The molecule has 102 valence electrons. The fraction of sp³-hybridized carbons (Fsp3) is 0.357. The zero-order chi connectivity index (χ0) is 13.9. The minimum Gasteiger partial charge on any atom is -0.372 e. The van der Waals surface area contributed by atoms with Crippen LogP contribution in [0.4, 0.5) is 0 Å². The fourth-order valence-corrected chi connectivity index (χ4v) is 2.61. The molecule has 1 aromatic heterocycles. The Kier molecular flexibility index (Phi) is 3.68. The summed E-state index contributed by atoms with van der Waals surface area (Å²) in [4.78, 5) is 0. The standard InChI is InChI=1S/C14H13ClN4O/c15-11-5-2-1-4-10(11)9-19-14(12(8-16)17-18-19)13-6-3-7-20-13/h1-2,4-5,13H,3,6-7,9H2. The molecule has 2 aromatic rings. The summed E-state index contributed by atoms with van der Waals surface area (Å²) in [6.07, 6.45) is 1.79. The van der Waals surface area contributed by atoms with Crippen molar-refractivity contribution in [1.82, 2.24) is 15.0 Å². The Morgan fingerprint density at radius 2 is 2.30 bits per heavy atom. The molecule has 1 saturated heterocycles. The Balaban J connectivity index is 1.96. The van der Waals surface area contributed by atoms with Crippen LogP contribution < -0.4 is 0 Å². The highest BCUT2D eigenvalue weighted by molar-refractivity contribution is 6.31. The van der Waals surface area contributed by atoms with Gasteiger partial charge in [0.15, 0.2) is 5.69 Å². The van der Waals surface area contributed by atoms with Crippen molar-refractivity contribution in [2.45, 2.75) is 25.5 Å². The number of benzene rings is 1. The van der Waals surface area contributed by atoms with Crippen molar-refractivity contribution in [2.24, 2.45) is 0 Å². The van der Waals surface area contributed by atoms with E-state index in [1.807, 2.05) is 24.3 Å². The van der Waals surface area contributed by atoms with Gasteiger partial charge in [0.25, 0.3) is 0 Å². The molecule has 6 heteroatoms. The molecule has 1 fully saturated rings. The lowest BCUT2D eigenvalue weighted by atomic mass is 10.1. The molecule has 0 N–H and O–H groups in total. The number of nitriles is 1. The van der Waals surface area contributed by atoms with Crippen molar-refractivity contribution in [3.05, 3.63) is 46.2 Å². The smallest absolute Gasteiger partial charge is 0.188 e. The molecule has 0 saturated carbocycles. The van der Waals surface area contributed by atoms with Crippen LogP contribution in [0.25, 0.3) is 0 Å². The maximum absolute atomic E-state index is 9.17. The maximum atomic E-state index is 9.17. The topological polar surface area (TPSA) is 63.7 Å².